The topological polar surface area (TPSA) is 33.1 Å². The van der Waals surface area contributed by atoms with Crippen molar-refractivity contribution in [3.8, 4) is 0 Å². The third-order valence-corrected chi connectivity index (χ3v) is 4.17. The van der Waals surface area contributed by atoms with Crippen molar-refractivity contribution in [2.75, 3.05) is 19.6 Å². The molecule has 0 atom stereocenters. The lowest BCUT2D eigenvalue weighted by atomic mass is 9.96. The Morgan fingerprint density at radius 1 is 1.35 bits per heavy atom. The fourth-order valence-electron chi connectivity index (χ4n) is 2.90. The van der Waals surface area contributed by atoms with Gasteiger partial charge in [-0.2, -0.15) is 0 Å². The molecule has 2 heterocycles. The van der Waals surface area contributed by atoms with E-state index in [1.54, 1.807) is 0 Å². The highest BCUT2D eigenvalue weighted by atomic mass is 15.2. The molecule has 2 rings (SSSR count). The lowest BCUT2D eigenvalue weighted by Crippen LogP contribution is -2.38. The average molecular weight is 278 g/mol. The van der Waals surface area contributed by atoms with Crippen LogP contribution in [0.4, 0.5) is 0 Å². The summed E-state index contributed by atoms with van der Waals surface area (Å²) < 4.78 is 2.30. The standard InChI is InChI=1S/C16H30N4/c1-4-7-20-13-17-11-16(20)12-19-8-5-15(6-9-19)10-18-14(2)3/h11,13-15,18H,4-10,12H2,1-3H3. The van der Waals surface area contributed by atoms with Crippen molar-refractivity contribution in [3.05, 3.63) is 18.2 Å². The van der Waals surface area contributed by atoms with Gasteiger partial charge in [0.05, 0.1) is 12.0 Å². The van der Waals surface area contributed by atoms with Crippen LogP contribution in [-0.2, 0) is 13.1 Å². The summed E-state index contributed by atoms with van der Waals surface area (Å²) >= 11 is 0. The third kappa shape index (κ3) is 4.60. The van der Waals surface area contributed by atoms with Crippen LogP contribution in [0.1, 0.15) is 45.7 Å². The van der Waals surface area contributed by atoms with Crippen LogP contribution in [0.2, 0.25) is 0 Å². The molecule has 1 N–H and O–H groups in total. The van der Waals surface area contributed by atoms with E-state index in [2.05, 4.69) is 40.5 Å². The predicted molar refractivity (Wildman–Crippen MR) is 83.7 cm³/mol. The highest BCUT2D eigenvalue weighted by Gasteiger charge is 2.20. The largest absolute Gasteiger partial charge is 0.333 e. The van der Waals surface area contributed by atoms with Gasteiger partial charge in [-0.15, -0.1) is 0 Å². The maximum absolute atomic E-state index is 4.30. The maximum atomic E-state index is 4.30. The van der Waals surface area contributed by atoms with Crippen molar-refractivity contribution in [2.24, 2.45) is 5.92 Å². The molecule has 1 aliphatic rings. The molecule has 0 aromatic carbocycles. The van der Waals surface area contributed by atoms with Gasteiger partial charge in [0.15, 0.2) is 0 Å². The SMILES string of the molecule is CCCn1cncc1CN1CCC(CNC(C)C)CC1. The van der Waals surface area contributed by atoms with E-state index in [-0.39, 0.29) is 0 Å². The number of aryl methyl sites for hydroxylation is 1. The van der Waals surface area contributed by atoms with Gasteiger partial charge in [0.2, 0.25) is 0 Å². The second-order valence-electron chi connectivity index (χ2n) is 6.36. The summed E-state index contributed by atoms with van der Waals surface area (Å²) in [5.74, 6) is 0.856. The number of aromatic nitrogens is 2. The first-order valence-electron chi connectivity index (χ1n) is 8.13. The summed E-state index contributed by atoms with van der Waals surface area (Å²) in [7, 11) is 0. The molecule has 0 radical (unpaired) electrons. The minimum Gasteiger partial charge on any atom is -0.333 e. The third-order valence-electron chi connectivity index (χ3n) is 4.17. The Morgan fingerprint density at radius 3 is 2.75 bits per heavy atom. The molecule has 0 bridgehead atoms. The molecule has 0 aliphatic carbocycles. The molecular formula is C16H30N4. The Balaban J connectivity index is 1.75. The van der Waals surface area contributed by atoms with E-state index >= 15 is 0 Å². The fraction of sp³-hybridized carbons (Fsp3) is 0.812. The Morgan fingerprint density at radius 2 is 2.10 bits per heavy atom. The highest BCUT2D eigenvalue weighted by molar-refractivity contribution is 4.98. The van der Waals surface area contributed by atoms with Gasteiger partial charge in [-0.3, -0.25) is 4.90 Å². The van der Waals surface area contributed by atoms with Crippen LogP contribution in [0.5, 0.6) is 0 Å². The first-order valence-corrected chi connectivity index (χ1v) is 8.13. The summed E-state index contributed by atoms with van der Waals surface area (Å²) in [6.07, 6.45) is 7.82. The minimum atomic E-state index is 0.608. The molecule has 0 amide bonds. The van der Waals surface area contributed by atoms with Crippen molar-refractivity contribution < 1.29 is 0 Å². The molecule has 0 unspecified atom stereocenters. The minimum absolute atomic E-state index is 0.608. The fourth-order valence-corrected chi connectivity index (χ4v) is 2.90. The number of piperidine rings is 1. The van der Waals surface area contributed by atoms with Gasteiger partial charge in [-0.25, -0.2) is 4.98 Å². The number of imidazole rings is 1. The van der Waals surface area contributed by atoms with Crippen LogP contribution in [0, 0.1) is 5.92 Å². The zero-order valence-corrected chi connectivity index (χ0v) is 13.3. The predicted octanol–water partition coefficient (Wildman–Crippen LogP) is 2.50. The first kappa shape index (κ1) is 15.5. The van der Waals surface area contributed by atoms with E-state index in [1.807, 2.05) is 12.5 Å². The van der Waals surface area contributed by atoms with E-state index in [0.29, 0.717) is 6.04 Å². The van der Waals surface area contributed by atoms with E-state index < -0.39 is 0 Å². The van der Waals surface area contributed by atoms with Crippen LogP contribution < -0.4 is 5.32 Å². The van der Waals surface area contributed by atoms with E-state index in [1.165, 1.54) is 44.6 Å². The van der Waals surface area contributed by atoms with Crippen molar-refractivity contribution in [3.63, 3.8) is 0 Å². The van der Waals surface area contributed by atoms with Crippen LogP contribution >= 0.6 is 0 Å². The van der Waals surface area contributed by atoms with Gasteiger partial charge >= 0.3 is 0 Å². The van der Waals surface area contributed by atoms with Crippen LogP contribution in [0.15, 0.2) is 12.5 Å². The quantitative estimate of drug-likeness (QED) is 0.832. The molecule has 0 spiro atoms. The number of rotatable bonds is 7. The van der Waals surface area contributed by atoms with E-state index in [0.717, 1.165) is 19.0 Å². The Labute approximate surface area is 123 Å². The molecule has 114 valence electrons. The van der Waals surface area contributed by atoms with Gasteiger partial charge in [-0.1, -0.05) is 20.8 Å². The molecule has 1 aromatic heterocycles. The van der Waals surface area contributed by atoms with Gasteiger partial charge < -0.3 is 9.88 Å². The van der Waals surface area contributed by atoms with Crippen LogP contribution in [-0.4, -0.2) is 40.1 Å². The van der Waals surface area contributed by atoms with Crippen molar-refractivity contribution in [2.45, 2.75) is 59.2 Å². The van der Waals surface area contributed by atoms with E-state index in [9.17, 15) is 0 Å². The van der Waals surface area contributed by atoms with Gasteiger partial charge in [0.1, 0.15) is 0 Å². The number of hydrogen-bond donors (Lipinski definition) is 1. The molecule has 0 saturated carbocycles. The lowest BCUT2D eigenvalue weighted by molar-refractivity contribution is 0.170. The lowest BCUT2D eigenvalue weighted by Gasteiger charge is -2.32. The van der Waals surface area contributed by atoms with Crippen LogP contribution in [0.3, 0.4) is 0 Å². The van der Waals surface area contributed by atoms with Gasteiger partial charge in [0.25, 0.3) is 0 Å². The monoisotopic (exact) mass is 278 g/mol. The molecule has 1 aliphatic heterocycles. The number of nitrogens with one attached hydrogen (secondary N) is 1. The molecule has 4 heteroatoms. The Kier molecular flexibility index (Phi) is 6.05. The summed E-state index contributed by atoms with van der Waals surface area (Å²) in [4.78, 5) is 6.87. The summed E-state index contributed by atoms with van der Waals surface area (Å²) in [6, 6.07) is 0.608. The van der Waals surface area contributed by atoms with Gasteiger partial charge in [-0.05, 0) is 44.8 Å². The number of hydrogen-bond acceptors (Lipinski definition) is 3. The first-order chi connectivity index (χ1) is 9.69. The number of likely N-dealkylation sites (tertiary alicyclic amines) is 1. The second kappa shape index (κ2) is 7.79. The zero-order chi connectivity index (χ0) is 14.4. The Hall–Kier alpha value is -0.870. The van der Waals surface area contributed by atoms with Crippen molar-refractivity contribution in [1.82, 2.24) is 19.8 Å². The zero-order valence-electron chi connectivity index (χ0n) is 13.3. The molecule has 1 aromatic rings. The highest BCUT2D eigenvalue weighted by Crippen LogP contribution is 2.18. The molecule has 4 nitrogen and oxygen atoms in total. The van der Waals surface area contributed by atoms with Crippen LogP contribution in [0.25, 0.3) is 0 Å². The molecule has 20 heavy (non-hydrogen) atoms. The summed E-state index contributed by atoms with van der Waals surface area (Å²) in [5, 5.41) is 3.57. The molecular weight excluding hydrogens is 248 g/mol. The molecule has 1 fully saturated rings. The summed E-state index contributed by atoms with van der Waals surface area (Å²) in [6.45, 7) is 12.4. The average Bonchev–Trinajstić information content (AvgIpc) is 2.86. The number of nitrogens with zero attached hydrogens (tertiary/aromatic N) is 3. The normalized spacial score (nSPS) is 18.0. The van der Waals surface area contributed by atoms with Crippen molar-refractivity contribution in [1.29, 1.82) is 0 Å². The van der Waals surface area contributed by atoms with Gasteiger partial charge in [0, 0.05) is 25.3 Å². The summed E-state index contributed by atoms with van der Waals surface area (Å²) in [5.41, 5.74) is 1.37. The Bertz CT molecular complexity index is 378. The molecule has 1 saturated heterocycles. The second-order valence-corrected chi connectivity index (χ2v) is 6.36. The maximum Gasteiger partial charge on any atom is 0.0948 e. The van der Waals surface area contributed by atoms with Crippen molar-refractivity contribution >= 4 is 0 Å². The smallest absolute Gasteiger partial charge is 0.0948 e. The van der Waals surface area contributed by atoms with E-state index in [4.69, 9.17) is 0 Å².